The zero-order valence-corrected chi connectivity index (χ0v) is 22.9. The zero-order valence-electron chi connectivity index (χ0n) is 22.1. The van der Waals surface area contributed by atoms with Crippen LogP contribution in [0.2, 0.25) is 0 Å². The van der Waals surface area contributed by atoms with E-state index in [1.807, 2.05) is 19.1 Å². The topological polar surface area (TPSA) is 150 Å². The summed E-state index contributed by atoms with van der Waals surface area (Å²) in [6.45, 7) is 6.46. The molecule has 0 spiro atoms. The number of aryl methyl sites for hydroxylation is 1. The van der Waals surface area contributed by atoms with Crippen molar-refractivity contribution >= 4 is 40.6 Å². The van der Waals surface area contributed by atoms with Gasteiger partial charge in [0, 0.05) is 12.2 Å². The van der Waals surface area contributed by atoms with Crippen LogP contribution in [0.4, 0.5) is 11.4 Å². The molecule has 0 saturated heterocycles. The minimum Gasteiger partial charge on any atom is -0.493 e. The molecule has 0 fully saturated rings. The van der Waals surface area contributed by atoms with E-state index in [0.717, 1.165) is 23.5 Å². The van der Waals surface area contributed by atoms with Gasteiger partial charge in [0.1, 0.15) is 10.9 Å². The first-order valence-electron chi connectivity index (χ1n) is 12.0. The van der Waals surface area contributed by atoms with Crippen LogP contribution in [0.3, 0.4) is 0 Å². The molecule has 38 heavy (non-hydrogen) atoms. The first kappa shape index (κ1) is 28.5. The number of nitrogens with one attached hydrogen (secondary N) is 1. The number of anilines is 2. The van der Waals surface area contributed by atoms with Gasteiger partial charge in [0.05, 0.1) is 19.9 Å². The normalized spacial score (nSPS) is 11.6. The van der Waals surface area contributed by atoms with Crippen LogP contribution in [0.5, 0.6) is 11.5 Å². The van der Waals surface area contributed by atoms with Crippen LogP contribution in [0, 0.1) is 12.8 Å². The quantitative estimate of drug-likeness (QED) is 0.336. The molecule has 0 saturated carbocycles. The van der Waals surface area contributed by atoms with Gasteiger partial charge in [-0.3, -0.25) is 19.3 Å². The van der Waals surface area contributed by atoms with Crippen LogP contribution in [0.25, 0.3) is 0 Å². The number of carbonyl (C=O) groups is 3. The molecular formula is C27H33N5O5S. The molecule has 5 N–H and O–H groups in total. The highest BCUT2D eigenvalue weighted by Crippen LogP contribution is 2.36. The van der Waals surface area contributed by atoms with Crippen molar-refractivity contribution in [2.45, 2.75) is 33.2 Å². The molecule has 0 bridgehead atoms. The van der Waals surface area contributed by atoms with E-state index in [1.165, 1.54) is 19.1 Å². The summed E-state index contributed by atoms with van der Waals surface area (Å²) in [7, 11) is 3.00. The highest BCUT2D eigenvalue weighted by molar-refractivity contribution is 7.09. The number of primary amides is 1. The number of rotatable bonds is 11. The number of ether oxygens (including phenoxy) is 2. The molecule has 2 aromatic carbocycles. The van der Waals surface area contributed by atoms with Gasteiger partial charge in [-0.2, -0.15) is 4.37 Å². The number of benzene rings is 2. The fourth-order valence-corrected chi connectivity index (χ4v) is 4.59. The maximum atomic E-state index is 14.1. The summed E-state index contributed by atoms with van der Waals surface area (Å²) in [5.41, 5.74) is 13.1. The molecule has 3 amide bonds. The molecule has 1 heterocycles. The maximum Gasteiger partial charge on any atom is 0.273 e. The number of carbonyl (C=O) groups excluding carboxylic acids is 3. The summed E-state index contributed by atoms with van der Waals surface area (Å²) in [4.78, 5) is 41.0. The van der Waals surface area contributed by atoms with Crippen LogP contribution in [-0.2, 0) is 4.79 Å². The minimum absolute atomic E-state index is 0.000155. The summed E-state index contributed by atoms with van der Waals surface area (Å²) < 4.78 is 14.8. The van der Waals surface area contributed by atoms with Gasteiger partial charge < -0.3 is 26.3 Å². The first-order valence-corrected chi connectivity index (χ1v) is 12.8. The number of aromatic nitrogens is 1. The Labute approximate surface area is 226 Å². The van der Waals surface area contributed by atoms with Gasteiger partial charge in [-0.1, -0.05) is 37.6 Å². The maximum absolute atomic E-state index is 14.1. The number of nitrogens with two attached hydrogens (primary N) is 2. The Hall–Kier alpha value is -4.12. The Bertz CT molecular complexity index is 1310. The second-order valence-electron chi connectivity index (χ2n) is 9.14. The second kappa shape index (κ2) is 12.4. The molecule has 0 radical (unpaired) electrons. The van der Waals surface area contributed by atoms with Crippen molar-refractivity contribution in [1.82, 2.24) is 9.69 Å². The number of nitrogen functional groups attached to an aromatic ring is 1. The summed E-state index contributed by atoms with van der Waals surface area (Å²) in [6.07, 6.45) is 0.757. The number of nitrogens with zero attached hydrogens (tertiary/aromatic N) is 2. The zero-order chi connectivity index (χ0) is 28.0. The number of hydrogen-bond acceptors (Lipinski definition) is 8. The monoisotopic (exact) mass is 539 g/mol. The van der Waals surface area contributed by atoms with Crippen LogP contribution >= 0.6 is 11.5 Å². The van der Waals surface area contributed by atoms with E-state index in [-0.39, 0.29) is 16.3 Å². The third-order valence-corrected chi connectivity index (χ3v) is 6.79. The molecule has 202 valence electrons. The fraction of sp³-hybridized carbons (Fsp3) is 0.333. The van der Waals surface area contributed by atoms with E-state index in [9.17, 15) is 14.4 Å². The lowest BCUT2D eigenvalue weighted by molar-refractivity contribution is -0.122. The van der Waals surface area contributed by atoms with E-state index in [1.54, 1.807) is 30.3 Å². The van der Waals surface area contributed by atoms with E-state index in [4.69, 9.17) is 20.9 Å². The molecule has 3 aromatic rings. The Morgan fingerprint density at radius 2 is 1.71 bits per heavy atom. The van der Waals surface area contributed by atoms with Crippen molar-refractivity contribution in [3.05, 3.63) is 64.2 Å². The van der Waals surface area contributed by atoms with Gasteiger partial charge in [0.25, 0.3) is 11.8 Å². The van der Waals surface area contributed by atoms with E-state index < -0.39 is 23.8 Å². The van der Waals surface area contributed by atoms with Gasteiger partial charge in [-0.25, -0.2) is 0 Å². The van der Waals surface area contributed by atoms with Crippen LogP contribution in [0.1, 0.15) is 57.6 Å². The highest BCUT2D eigenvalue weighted by Gasteiger charge is 2.36. The summed E-state index contributed by atoms with van der Waals surface area (Å²) in [6, 6.07) is 11.1. The van der Waals surface area contributed by atoms with Crippen LogP contribution in [-0.4, -0.2) is 42.9 Å². The smallest absolute Gasteiger partial charge is 0.273 e. The van der Waals surface area contributed by atoms with E-state index in [2.05, 4.69) is 23.5 Å². The Balaban J connectivity index is 2.21. The molecule has 1 atom stereocenters. The van der Waals surface area contributed by atoms with Gasteiger partial charge in [-0.15, -0.1) is 0 Å². The molecule has 3 rings (SSSR count). The number of amides is 3. The van der Waals surface area contributed by atoms with E-state index in [0.29, 0.717) is 35.2 Å². The molecule has 0 aliphatic rings. The number of hydrogen-bond donors (Lipinski definition) is 3. The Morgan fingerprint density at radius 3 is 2.26 bits per heavy atom. The van der Waals surface area contributed by atoms with Crippen molar-refractivity contribution < 1.29 is 23.9 Å². The lowest BCUT2D eigenvalue weighted by Crippen LogP contribution is -2.44. The SMILES string of the molecule is COc1ccc([C@@H](C(=O)NCCC(C)C)N(C(=O)c2snc(C(N)=O)c2N)c2ccc(C)cc2)cc1OC. The lowest BCUT2D eigenvalue weighted by Gasteiger charge is -2.31. The lowest BCUT2D eigenvalue weighted by atomic mass is 10.0. The van der Waals surface area contributed by atoms with Crippen molar-refractivity contribution in [3.8, 4) is 11.5 Å². The average Bonchev–Trinajstić information content (AvgIpc) is 3.28. The molecular weight excluding hydrogens is 506 g/mol. The predicted octanol–water partition coefficient (Wildman–Crippen LogP) is 3.70. The standard InChI is InChI=1S/C27H33N5O5S/c1-15(2)12-13-30-26(34)23(17-8-11-19(36-4)20(14-17)37-5)32(18-9-6-16(3)7-10-18)27(35)24-21(28)22(25(29)33)31-38-24/h6-11,14-15,23H,12-13,28H2,1-5H3,(H2,29,33)(H,30,34)/t23-/m0/s1. The summed E-state index contributed by atoms with van der Waals surface area (Å²) in [5, 5.41) is 2.96. The predicted molar refractivity (Wildman–Crippen MR) is 148 cm³/mol. The van der Waals surface area contributed by atoms with Crippen LogP contribution < -0.4 is 31.2 Å². The van der Waals surface area contributed by atoms with Crippen molar-refractivity contribution in [3.63, 3.8) is 0 Å². The van der Waals surface area contributed by atoms with Gasteiger partial charge >= 0.3 is 0 Å². The Morgan fingerprint density at radius 1 is 1.05 bits per heavy atom. The van der Waals surface area contributed by atoms with E-state index >= 15 is 0 Å². The average molecular weight is 540 g/mol. The summed E-state index contributed by atoms with van der Waals surface area (Å²) >= 11 is 0.755. The van der Waals surface area contributed by atoms with Gasteiger partial charge in [0.15, 0.2) is 17.2 Å². The molecule has 10 nitrogen and oxygen atoms in total. The van der Waals surface area contributed by atoms with Crippen molar-refractivity contribution in [2.24, 2.45) is 11.7 Å². The molecule has 1 aromatic heterocycles. The number of methoxy groups -OCH3 is 2. The van der Waals surface area contributed by atoms with Crippen molar-refractivity contribution in [1.29, 1.82) is 0 Å². The van der Waals surface area contributed by atoms with Gasteiger partial charge in [0.2, 0.25) is 5.91 Å². The third-order valence-electron chi connectivity index (χ3n) is 5.94. The minimum atomic E-state index is -1.12. The van der Waals surface area contributed by atoms with Crippen LogP contribution in [0.15, 0.2) is 42.5 Å². The molecule has 0 unspecified atom stereocenters. The second-order valence-corrected chi connectivity index (χ2v) is 9.91. The summed E-state index contributed by atoms with van der Waals surface area (Å²) in [5.74, 6) is -0.604. The first-order chi connectivity index (χ1) is 18.1. The van der Waals surface area contributed by atoms with Crippen molar-refractivity contribution in [2.75, 3.05) is 31.4 Å². The highest BCUT2D eigenvalue weighted by atomic mass is 32.1. The largest absolute Gasteiger partial charge is 0.493 e. The fourth-order valence-electron chi connectivity index (χ4n) is 3.85. The molecule has 0 aliphatic carbocycles. The third kappa shape index (κ3) is 6.23. The Kier molecular flexibility index (Phi) is 9.30. The van der Waals surface area contributed by atoms with Gasteiger partial charge in [-0.05, 0) is 60.6 Å². The molecule has 0 aliphatic heterocycles. The molecule has 11 heteroatoms.